The van der Waals surface area contributed by atoms with E-state index in [1.807, 2.05) is 29.2 Å². The van der Waals surface area contributed by atoms with Gasteiger partial charge in [0.2, 0.25) is 0 Å². The first-order valence-corrected chi connectivity index (χ1v) is 9.67. The van der Waals surface area contributed by atoms with Crippen LogP contribution in [-0.2, 0) is 6.54 Å². The van der Waals surface area contributed by atoms with E-state index < -0.39 is 0 Å². The molecule has 0 unspecified atom stereocenters. The van der Waals surface area contributed by atoms with Crippen molar-refractivity contribution in [2.75, 3.05) is 19.6 Å². The molecular formula is C22H23N3O2. The van der Waals surface area contributed by atoms with Gasteiger partial charge in [0, 0.05) is 43.8 Å². The van der Waals surface area contributed by atoms with E-state index in [1.165, 1.54) is 12.0 Å². The van der Waals surface area contributed by atoms with Gasteiger partial charge in [0.05, 0.1) is 6.26 Å². The molecule has 0 radical (unpaired) electrons. The number of nitrogens with zero attached hydrogens (tertiary/aromatic N) is 3. The Hall–Kier alpha value is -2.66. The van der Waals surface area contributed by atoms with Crippen molar-refractivity contribution in [2.24, 2.45) is 5.92 Å². The van der Waals surface area contributed by atoms with Crippen LogP contribution in [0.25, 0.3) is 11.0 Å². The number of aromatic nitrogens is 1. The average Bonchev–Trinajstić information content (AvgIpc) is 2.98. The van der Waals surface area contributed by atoms with E-state index in [0.29, 0.717) is 17.7 Å². The number of carbonyl (C=O) groups is 1. The van der Waals surface area contributed by atoms with Gasteiger partial charge in [0.1, 0.15) is 11.3 Å². The Morgan fingerprint density at radius 1 is 1.11 bits per heavy atom. The summed E-state index contributed by atoms with van der Waals surface area (Å²) in [5.41, 5.74) is 2.79. The number of carbonyl (C=O) groups excluding carboxylic acids is 1. The van der Waals surface area contributed by atoms with Crippen LogP contribution < -0.4 is 0 Å². The largest absolute Gasteiger partial charge is 0.464 e. The molecule has 3 aliphatic heterocycles. The second kappa shape index (κ2) is 6.82. The lowest BCUT2D eigenvalue weighted by molar-refractivity contribution is 0.0730. The summed E-state index contributed by atoms with van der Waals surface area (Å²) in [5, 5.41) is 1.15. The Kier molecular flexibility index (Phi) is 4.17. The summed E-state index contributed by atoms with van der Waals surface area (Å²) in [6.07, 6.45) is 5.79. The number of hydrogen-bond acceptors (Lipinski definition) is 4. The quantitative estimate of drug-likeness (QED) is 0.716. The molecule has 6 rings (SSSR count). The maximum atomic E-state index is 12.9. The highest BCUT2D eigenvalue weighted by atomic mass is 16.3. The van der Waals surface area contributed by atoms with Crippen molar-refractivity contribution in [3.8, 4) is 0 Å². The summed E-state index contributed by atoms with van der Waals surface area (Å²) in [5.74, 6) is 0.600. The van der Waals surface area contributed by atoms with Gasteiger partial charge in [-0.2, -0.15) is 0 Å². The molecule has 3 saturated heterocycles. The molecule has 0 saturated carbocycles. The highest BCUT2D eigenvalue weighted by Gasteiger charge is 2.36. The van der Waals surface area contributed by atoms with Gasteiger partial charge in [-0.15, -0.1) is 0 Å². The monoisotopic (exact) mass is 361 g/mol. The summed E-state index contributed by atoms with van der Waals surface area (Å²) in [4.78, 5) is 21.7. The SMILES string of the molecule is O=C(c1ccccn1)N1C[C@@H]2CC[C@H](C1)N(Cc1ccc3occc3c1)C2. The van der Waals surface area contributed by atoms with Crippen molar-refractivity contribution in [3.05, 3.63) is 66.2 Å². The molecule has 0 spiro atoms. The van der Waals surface area contributed by atoms with Crippen LogP contribution in [0.3, 0.4) is 0 Å². The maximum Gasteiger partial charge on any atom is 0.272 e. The zero-order valence-corrected chi connectivity index (χ0v) is 15.3. The fraction of sp³-hybridized carbons (Fsp3) is 0.364. The smallest absolute Gasteiger partial charge is 0.272 e. The topological polar surface area (TPSA) is 49.6 Å². The molecule has 3 fully saturated rings. The number of amides is 1. The van der Waals surface area contributed by atoms with Crippen molar-refractivity contribution in [3.63, 3.8) is 0 Å². The summed E-state index contributed by atoms with van der Waals surface area (Å²) in [7, 11) is 0. The molecule has 138 valence electrons. The van der Waals surface area contributed by atoms with Gasteiger partial charge in [0.25, 0.3) is 5.91 Å². The minimum absolute atomic E-state index is 0.0640. The van der Waals surface area contributed by atoms with E-state index in [1.54, 1.807) is 12.5 Å². The van der Waals surface area contributed by atoms with Crippen LogP contribution in [0, 0.1) is 5.92 Å². The number of pyridine rings is 1. The molecule has 0 N–H and O–H groups in total. The third kappa shape index (κ3) is 3.23. The molecule has 2 bridgehead atoms. The zero-order chi connectivity index (χ0) is 18.2. The van der Waals surface area contributed by atoms with Gasteiger partial charge in [-0.1, -0.05) is 12.1 Å². The van der Waals surface area contributed by atoms with Crippen molar-refractivity contribution < 1.29 is 9.21 Å². The summed E-state index contributed by atoms with van der Waals surface area (Å²) in [6, 6.07) is 14.4. The Bertz CT molecular complexity index is 952. The Balaban J connectivity index is 1.34. The molecule has 5 heteroatoms. The molecule has 2 atom stereocenters. The summed E-state index contributed by atoms with van der Waals surface area (Å²) < 4.78 is 5.45. The lowest BCUT2D eigenvalue weighted by atomic mass is 9.94. The van der Waals surface area contributed by atoms with Crippen LogP contribution >= 0.6 is 0 Å². The first-order valence-electron chi connectivity index (χ1n) is 9.67. The van der Waals surface area contributed by atoms with E-state index in [9.17, 15) is 4.79 Å². The average molecular weight is 361 g/mol. The minimum Gasteiger partial charge on any atom is -0.464 e. The fourth-order valence-corrected chi connectivity index (χ4v) is 4.54. The van der Waals surface area contributed by atoms with Crippen molar-refractivity contribution in [2.45, 2.75) is 25.4 Å². The Labute approximate surface area is 158 Å². The van der Waals surface area contributed by atoms with Crippen LogP contribution in [-0.4, -0.2) is 46.4 Å². The number of hydrogen-bond donors (Lipinski definition) is 0. The molecular weight excluding hydrogens is 338 g/mol. The van der Waals surface area contributed by atoms with Crippen molar-refractivity contribution >= 4 is 16.9 Å². The third-order valence-electron chi connectivity index (χ3n) is 5.90. The second-order valence-corrected chi connectivity index (χ2v) is 7.74. The Morgan fingerprint density at radius 3 is 2.96 bits per heavy atom. The summed E-state index contributed by atoms with van der Waals surface area (Å²) >= 11 is 0. The van der Waals surface area contributed by atoms with Gasteiger partial charge in [-0.25, -0.2) is 0 Å². The Morgan fingerprint density at radius 2 is 2.07 bits per heavy atom. The lowest BCUT2D eigenvalue weighted by Crippen LogP contribution is -2.44. The molecule has 2 aromatic heterocycles. The van der Waals surface area contributed by atoms with Gasteiger partial charge < -0.3 is 9.32 Å². The van der Waals surface area contributed by atoms with Crippen LogP contribution in [0.1, 0.15) is 28.9 Å². The lowest BCUT2D eigenvalue weighted by Gasteiger charge is -2.36. The molecule has 5 heterocycles. The third-order valence-corrected chi connectivity index (χ3v) is 5.90. The first-order chi connectivity index (χ1) is 13.3. The predicted octanol–water partition coefficient (Wildman–Crippen LogP) is 3.56. The van der Waals surface area contributed by atoms with E-state index in [2.05, 4.69) is 28.1 Å². The normalized spacial score (nSPS) is 22.9. The molecule has 3 aromatic rings. The van der Waals surface area contributed by atoms with Crippen LogP contribution in [0.4, 0.5) is 0 Å². The van der Waals surface area contributed by atoms with Gasteiger partial charge in [-0.3, -0.25) is 14.7 Å². The highest BCUT2D eigenvalue weighted by Crippen LogP contribution is 2.30. The minimum atomic E-state index is 0.0640. The number of furan rings is 1. The van der Waals surface area contributed by atoms with E-state index in [0.717, 1.165) is 43.6 Å². The van der Waals surface area contributed by atoms with E-state index in [4.69, 9.17) is 4.42 Å². The predicted molar refractivity (Wildman–Crippen MR) is 103 cm³/mol. The van der Waals surface area contributed by atoms with Crippen molar-refractivity contribution in [1.82, 2.24) is 14.8 Å². The number of fused-ring (bicyclic) bond motifs is 5. The molecule has 1 amide bonds. The molecule has 3 aliphatic rings. The number of piperidine rings is 1. The molecule has 0 aliphatic carbocycles. The molecule has 5 nitrogen and oxygen atoms in total. The maximum absolute atomic E-state index is 12.9. The van der Waals surface area contributed by atoms with Gasteiger partial charge >= 0.3 is 0 Å². The standard InChI is InChI=1S/C22H23N3O2/c26-22(20-3-1-2-9-23-20)25-14-17-4-6-19(15-25)24(13-17)12-16-5-7-21-18(11-16)8-10-27-21/h1-3,5,7-11,17,19H,4,6,12-15H2/t17-,19-/m1/s1. The number of benzene rings is 1. The zero-order valence-electron chi connectivity index (χ0n) is 15.3. The number of rotatable bonds is 3. The van der Waals surface area contributed by atoms with Crippen molar-refractivity contribution in [1.29, 1.82) is 0 Å². The fourth-order valence-electron chi connectivity index (χ4n) is 4.54. The highest BCUT2D eigenvalue weighted by molar-refractivity contribution is 5.92. The first kappa shape index (κ1) is 16.5. The molecule has 1 aromatic carbocycles. The second-order valence-electron chi connectivity index (χ2n) is 7.74. The van der Waals surface area contributed by atoms with Crippen LogP contribution in [0.15, 0.2) is 59.3 Å². The van der Waals surface area contributed by atoms with E-state index in [-0.39, 0.29) is 5.91 Å². The van der Waals surface area contributed by atoms with Crippen LogP contribution in [0.5, 0.6) is 0 Å². The van der Waals surface area contributed by atoms with Gasteiger partial charge in [0.15, 0.2) is 0 Å². The van der Waals surface area contributed by atoms with Crippen LogP contribution in [0.2, 0.25) is 0 Å². The van der Waals surface area contributed by atoms with Gasteiger partial charge in [-0.05, 0) is 54.7 Å². The summed E-state index contributed by atoms with van der Waals surface area (Å²) in [6.45, 7) is 3.61. The van der Waals surface area contributed by atoms with E-state index >= 15 is 0 Å². The molecule has 27 heavy (non-hydrogen) atoms.